The third-order valence-electron chi connectivity index (χ3n) is 4.14. The summed E-state index contributed by atoms with van der Waals surface area (Å²) in [5.41, 5.74) is 1.61. The largest absolute Gasteiger partial charge is 0.435 e. The number of halogens is 1. The molecule has 1 aliphatic rings. The molecule has 0 spiro atoms. The number of carbonyl (C=O) groups is 1. The van der Waals surface area contributed by atoms with Crippen molar-refractivity contribution in [3.63, 3.8) is 0 Å². The second-order valence-corrected chi connectivity index (χ2v) is 5.95. The first kappa shape index (κ1) is 16.6. The molecule has 0 radical (unpaired) electrons. The fourth-order valence-electron chi connectivity index (χ4n) is 2.86. The number of aryl methyl sites for hydroxylation is 2. The number of ether oxygens (including phenoxy) is 1. The predicted octanol–water partition coefficient (Wildman–Crippen LogP) is 2.77. The van der Waals surface area contributed by atoms with Crippen molar-refractivity contribution in [2.75, 3.05) is 19.7 Å². The Morgan fingerprint density at radius 2 is 2.12 bits per heavy atom. The van der Waals surface area contributed by atoms with Gasteiger partial charge >= 0.3 is 0 Å². The van der Waals surface area contributed by atoms with Gasteiger partial charge in [0.25, 0.3) is 5.91 Å². The lowest BCUT2D eigenvalue weighted by atomic mass is 10.1. The van der Waals surface area contributed by atoms with Gasteiger partial charge in [-0.25, -0.2) is 9.37 Å². The molecule has 1 amide bonds. The quantitative estimate of drug-likeness (QED) is 0.864. The first-order valence-corrected chi connectivity index (χ1v) is 8.18. The van der Waals surface area contributed by atoms with Gasteiger partial charge in [0.2, 0.25) is 5.76 Å². The third-order valence-corrected chi connectivity index (χ3v) is 4.14. The van der Waals surface area contributed by atoms with Gasteiger partial charge in [0.15, 0.2) is 5.89 Å². The van der Waals surface area contributed by atoms with Crippen LogP contribution in [0.2, 0.25) is 0 Å². The number of oxazole rings is 1. The van der Waals surface area contributed by atoms with Crippen LogP contribution >= 0.6 is 0 Å². The number of carbonyl (C=O) groups excluding carboxylic acids is 1. The van der Waals surface area contributed by atoms with Crippen LogP contribution in [0.25, 0.3) is 0 Å². The predicted molar refractivity (Wildman–Crippen MR) is 86.4 cm³/mol. The van der Waals surface area contributed by atoms with Gasteiger partial charge in [0.05, 0.1) is 18.4 Å². The molecule has 0 unspecified atom stereocenters. The van der Waals surface area contributed by atoms with E-state index in [2.05, 4.69) is 4.98 Å². The highest BCUT2D eigenvalue weighted by Crippen LogP contribution is 2.18. The molecule has 1 atom stereocenters. The lowest BCUT2D eigenvalue weighted by Crippen LogP contribution is -2.46. The second-order valence-electron chi connectivity index (χ2n) is 5.95. The van der Waals surface area contributed by atoms with Crippen LogP contribution in [0.1, 0.15) is 34.6 Å². The molecule has 0 N–H and O–H groups in total. The highest BCUT2D eigenvalue weighted by molar-refractivity contribution is 5.92. The number of rotatable bonds is 4. The Labute approximate surface area is 140 Å². The van der Waals surface area contributed by atoms with Gasteiger partial charge in [-0.3, -0.25) is 4.79 Å². The van der Waals surface area contributed by atoms with Crippen LogP contribution in [0, 0.1) is 12.7 Å². The zero-order valence-electron chi connectivity index (χ0n) is 13.9. The minimum Gasteiger partial charge on any atom is -0.435 e. The van der Waals surface area contributed by atoms with Gasteiger partial charge in [-0.1, -0.05) is 19.1 Å². The molecular formula is C18H21FN2O3. The number of benzene rings is 1. The van der Waals surface area contributed by atoms with Gasteiger partial charge < -0.3 is 14.1 Å². The van der Waals surface area contributed by atoms with Crippen molar-refractivity contribution >= 4 is 5.91 Å². The van der Waals surface area contributed by atoms with E-state index in [-0.39, 0.29) is 17.8 Å². The maximum Gasteiger partial charge on any atom is 0.291 e. The van der Waals surface area contributed by atoms with E-state index in [1.807, 2.05) is 6.92 Å². The number of aromatic nitrogens is 1. The number of hydrogen-bond donors (Lipinski definition) is 0. The third kappa shape index (κ3) is 3.64. The minimum absolute atomic E-state index is 0.109. The Balaban J connectivity index is 1.67. The zero-order chi connectivity index (χ0) is 17.1. The van der Waals surface area contributed by atoms with Crippen LogP contribution < -0.4 is 0 Å². The molecule has 0 bridgehead atoms. The molecule has 1 aromatic carbocycles. The molecule has 24 heavy (non-hydrogen) atoms. The van der Waals surface area contributed by atoms with Gasteiger partial charge in [-0.15, -0.1) is 0 Å². The zero-order valence-corrected chi connectivity index (χ0v) is 13.9. The first-order valence-electron chi connectivity index (χ1n) is 8.18. The van der Waals surface area contributed by atoms with E-state index in [1.165, 1.54) is 12.1 Å². The number of amides is 1. The molecule has 1 fully saturated rings. The Kier molecular flexibility index (Phi) is 4.94. The molecule has 1 saturated heterocycles. The molecule has 0 aliphatic carbocycles. The summed E-state index contributed by atoms with van der Waals surface area (Å²) in [5, 5.41) is 0. The molecule has 5 nitrogen and oxygen atoms in total. The number of morpholine rings is 1. The van der Waals surface area contributed by atoms with Crippen LogP contribution in [-0.2, 0) is 17.6 Å². The summed E-state index contributed by atoms with van der Waals surface area (Å²) >= 11 is 0. The Hall–Kier alpha value is -2.21. The van der Waals surface area contributed by atoms with Crippen LogP contribution in [-0.4, -0.2) is 41.6 Å². The number of hydrogen-bond acceptors (Lipinski definition) is 4. The Morgan fingerprint density at radius 3 is 2.79 bits per heavy atom. The molecular weight excluding hydrogens is 311 g/mol. The summed E-state index contributed by atoms with van der Waals surface area (Å²) in [6.45, 7) is 5.21. The van der Waals surface area contributed by atoms with Gasteiger partial charge in [0.1, 0.15) is 5.82 Å². The highest BCUT2D eigenvalue weighted by atomic mass is 19.1. The van der Waals surface area contributed by atoms with Crippen molar-refractivity contribution < 1.29 is 18.3 Å². The molecule has 128 valence electrons. The summed E-state index contributed by atoms with van der Waals surface area (Å²) in [7, 11) is 0. The van der Waals surface area contributed by atoms with Crippen LogP contribution in [0.5, 0.6) is 0 Å². The number of nitrogens with zero attached hydrogens (tertiary/aromatic N) is 2. The van der Waals surface area contributed by atoms with E-state index in [0.29, 0.717) is 49.9 Å². The average Bonchev–Trinajstić information content (AvgIpc) is 2.97. The maximum absolute atomic E-state index is 13.0. The molecule has 0 saturated carbocycles. The van der Waals surface area contributed by atoms with Crippen molar-refractivity contribution in [2.45, 2.75) is 32.8 Å². The van der Waals surface area contributed by atoms with E-state index >= 15 is 0 Å². The fraction of sp³-hybridized carbons (Fsp3) is 0.444. The monoisotopic (exact) mass is 332 g/mol. The van der Waals surface area contributed by atoms with Crippen molar-refractivity contribution in [1.29, 1.82) is 0 Å². The minimum atomic E-state index is -0.257. The van der Waals surface area contributed by atoms with Crippen LogP contribution in [0.4, 0.5) is 4.39 Å². The van der Waals surface area contributed by atoms with Crippen molar-refractivity contribution in [1.82, 2.24) is 9.88 Å². The van der Waals surface area contributed by atoms with Crippen molar-refractivity contribution in [3.05, 3.63) is 53.0 Å². The van der Waals surface area contributed by atoms with E-state index in [4.69, 9.17) is 9.15 Å². The summed E-state index contributed by atoms with van der Waals surface area (Å²) in [6, 6.07) is 6.36. The lowest BCUT2D eigenvalue weighted by Gasteiger charge is -2.32. The van der Waals surface area contributed by atoms with E-state index < -0.39 is 0 Å². The van der Waals surface area contributed by atoms with E-state index in [9.17, 15) is 9.18 Å². The molecule has 3 rings (SSSR count). The molecule has 1 aliphatic heterocycles. The molecule has 6 heteroatoms. The van der Waals surface area contributed by atoms with Crippen LogP contribution in [0.15, 0.2) is 28.7 Å². The average molecular weight is 332 g/mol. The summed E-state index contributed by atoms with van der Waals surface area (Å²) < 4.78 is 24.3. The summed E-state index contributed by atoms with van der Waals surface area (Å²) in [6.07, 6.45) is 1.19. The normalized spacial score (nSPS) is 18.0. The first-order chi connectivity index (χ1) is 11.6. The van der Waals surface area contributed by atoms with Gasteiger partial charge in [0, 0.05) is 25.9 Å². The standard InChI is InChI=1S/C18H21FN2O3/c1-3-16-20-12(2)17(24-16)18(22)21-8-9-23-15(11-21)10-13-4-6-14(19)7-5-13/h4-7,15H,3,8-11H2,1-2H3/t15-/m0/s1. The second kappa shape index (κ2) is 7.13. The van der Waals surface area contributed by atoms with Gasteiger partial charge in [-0.2, -0.15) is 0 Å². The maximum atomic E-state index is 13.0. The van der Waals surface area contributed by atoms with Crippen molar-refractivity contribution in [2.24, 2.45) is 0 Å². The SMILES string of the molecule is CCc1nc(C)c(C(=O)N2CCO[C@@H](Cc3ccc(F)cc3)C2)o1. The summed E-state index contributed by atoms with van der Waals surface area (Å²) in [4.78, 5) is 18.7. The topological polar surface area (TPSA) is 55.6 Å². The fourth-order valence-corrected chi connectivity index (χ4v) is 2.86. The van der Waals surface area contributed by atoms with Crippen LogP contribution in [0.3, 0.4) is 0 Å². The molecule has 2 heterocycles. The van der Waals surface area contributed by atoms with Crippen molar-refractivity contribution in [3.8, 4) is 0 Å². The molecule has 2 aromatic rings. The Morgan fingerprint density at radius 1 is 1.38 bits per heavy atom. The summed E-state index contributed by atoms with van der Waals surface area (Å²) in [5.74, 6) is 0.487. The van der Waals surface area contributed by atoms with Gasteiger partial charge in [-0.05, 0) is 24.6 Å². The smallest absolute Gasteiger partial charge is 0.291 e. The lowest BCUT2D eigenvalue weighted by molar-refractivity contribution is -0.0218. The van der Waals surface area contributed by atoms with E-state index in [1.54, 1.807) is 24.0 Å². The Bertz CT molecular complexity index is 712. The van der Waals surface area contributed by atoms with E-state index in [0.717, 1.165) is 5.56 Å². The molecule has 1 aromatic heterocycles. The highest BCUT2D eigenvalue weighted by Gasteiger charge is 2.28.